The van der Waals surface area contributed by atoms with Crippen molar-refractivity contribution in [2.24, 2.45) is 0 Å². The van der Waals surface area contributed by atoms with Crippen LogP contribution in [0.1, 0.15) is 34.8 Å². The molecule has 4 N–H and O–H groups in total. The van der Waals surface area contributed by atoms with Crippen molar-refractivity contribution < 1.29 is 14.6 Å². The van der Waals surface area contributed by atoms with Crippen LogP contribution < -0.4 is 10.9 Å². The van der Waals surface area contributed by atoms with Crippen LogP contribution in [0.3, 0.4) is 0 Å². The monoisotopic (exact) mass is 416 g/mol. The third-order valence-corrected chi connectivity index (χ3v) is 4.52. The highest BCUT2D eigenvalue weighted by Gasteiger charge is 2.20. The Morgan fingerprint density at radius 1 is 1.38 bits per heavy atom. The largest absolute Gasteiger partial charge is 0.461 e. The predicted octanol–water partition coefficient (Wildman–Crippen LogP) is 3.05. The topological polar surface area (TPSA) is 120 Å². The lowest BCUT2D eigenvalue weighted by Gasteiger charge is -2.15. The number of H-pyrrole nitrogens is 2. The molecule has 1 atom stereocenters. The van der Waals surface area contributed by atoms with Gasteiger partial charge in [0.05, 0.1) is 24.1 Å². The van der Waals surface area contributed by atoms with Crippen LogP contribution in [-0.2, 0) is 4.74 Å². The van der Waals surface area contributed by atoms with Crippen molar-refractivity contribution in [2.75, 3.05) is 18.5 Å². The number of aryl methyl sites for hydroxylation is 1. The molecule has 0 aliphatic carbocycles. The van der Waals surface area contributed by atoms with Crippen molar-refractivity contribution in [3.8, 4) is 11.4 Å². The Bertz CT molecular complexity index is 1080. The Labute approximate surface area is 171 Å². The Balaban J connectivity index is 1.87. The lowest BCUT2D eigenvalue weighted by molar-refractivity contribution is 0.0519. The molecule has 8 nitrogen and oxygen atoms in total. The molecule has 152 valence electrons. The molecule has 0 aliphatic rings. The summed E-state index contributed by atoms with van der Waals surface area (Å²) in [7, 11) is 0. The number of hydrogen-bond acceptors (Lipinski definition) is 6. The van der Waals surface area contributed by atoms with E-state index in [1.165, 1.54) is 6.20 Å². The predicted molar refractivity (Wildman–Crippen MR) is 110 cm³/mol. The molecule has 0 saturated heterocycles. The van der Waals surface area contributed by atoms with Gasteiger partial charge in [-0.1, -0.05) is 23.7 Å². The highest BCUT2D eigenvalue weighted by molar-refractivity contribution is 6.30. The van der Waals surface area contributed by atoms with Crippen molar-refractivity contribution >= 4 is 23.3 Å². The number of carbonyl (C=O) groups is 1. The SMILES string of the molecule is CCOC(=O)c1[nH]c(-c2c(NCC(O)c3cccc(Cl)c3)cc[nH]c2=O)nc1C. The number of rotatable bonds is 7. The maximum Gasteiger partial charge on any atom is 0.356 e. The van der Waals surface area contributed by atoms with Crippen LogP contribution in [-0.4, -0.2) is 39.2 Å². The van der Waals surface area contributed by atoms with Crippen molar-refractivity contribution in [1.29, 1.82) is 0 Å². The molecule has 0 bridgehead atoms. The number of halogens is 1. The van der Waals surface area contributed by atoms with Crippen molar-refractivity contribution in [2.45, 2.75) is 20.0 Å². The smallest absolute Gasteiger partial charge is 0.356 e. The minimum atomic E-state index is -0.839. The number of carbonyl (C=O) groups excluding carboxylic acids is 1. The van der Waals surface area contributed by atoms with Gasteiger partial charge in [0.15, 0.2) is 0 Å². The van der Waals surface area contributed by atoms with Gasteiger partial charge >= 0.3 is 5.97 Å². The van der Waals surface area contributed by atoms with Gasteiger partial charge in [0.2, 0.25) is 0 Å². The molecule has 0 spiro atoms. The Hall–Kier alpha value is -3.10. The standard InChI is InChI=1S/C20H21ClN4O4/c1-3-29-20(28)17-11(2)24-18(25-17)16-14(7-8-22-19(16)27)23-10-15(26)12-5-4-6-13(21)9-12/h4-9,15,26H,3,10H2,1-2H3,(H,24,25)(H2,22,23,27). The van der Waals surface area contributed by atoms with Crippen LogP contribution in [0.25, 0.3) is 11.4 Å². The lowest BCUT2D eigenvalue weighted by atomic mass is 10.1. The summed E-state index contributed by atoms with van der Waals surface area (Å²) in [5.41, 5.74) is 1.55. The average Bonchev–Trinajstić information content (AvgIpc) is 3.07. The first-order chi connectivity index (χ1) is 13.9. The third-order valence-electron chi connectivity index (χ3n) is 4.28. The van der Waals surface area contributed by atoms with Crippen LogP contribution in [0.4, 0.5) is 5.69 Å². The molecule has 0 saturated carbocycles. The number of benzene rings is 1. The fourth-order valence-electron chi connectivity index (χ4n) is 2.88. The number of imidazole rings is 1. The second-order valence-corrected chi connectivity index (χ2v) is 6.75. The summed E-state index contributed by atoms with van der Waals surface area (Å²) >= 11 is 5.97. The molecular weight excluding hydrogens is 396 g/mol. The molecule has 3 rings (SSSR count). The fraction of sp³-hybridized carbons (Fsp3) is 0.250. The average molecular weight is 417 g/mol. The van der Waals surface area contributed by atoms with E-state index in [2.05, 4.69) is 20.3 Å². The van der Waals surface area contributed by atoms with E-state index in [0.717, 1.165) is 0 Å². The molecular formula is C20H21ClN4O4. The number of ether oxygens (including phenoxy) is 1. The van der Waals surface area contributed by atoms with Gasteiger partial charge in [-0.25, -0.2) is 9.78 Å². The fourth-order valence-corrected chi connectivity index (χ4v) is 3.08. The normalized spacial score (nSPS) is 11.9. The van der Waals surface area contributed by atoms with Gasteiger partial charge in [-0.2, -0.15) is 0 Å². The molecule has 1 unspecified atom stereocenters. The number of pyridine rings is 1. The van der Waals surface area contributed by atoms with Gasteiger partial charge in [0, 0.05) is 17.8 Å². The van der Waals surface area contributed by atoms with Crippen LogP contribution in [0, 0.1) is 6.92 Å². The maximum atomic E-state index is 12.5. The summed E-state index contributed by atoms with van der Waals surface area (Å²) in [4.78, 5) is 34.3. The lowest BCUT2D eigenvalue weighted by Crippen LogP contribution is -2.17. The molecule has 1 aromatic carbocycles. The summed E-state index contributed by atoms with van der Waals surface area (Å²) in [5, 5.41) is 14.0. The number of nitrogens with zero attached hydrogens (tertiary/aromatic N) is 1. The second kappa shape index (κ2) is 8.93. The van der Waals surface area contributed by atoms with E-state index in [1.54, 1.807) is 44.2 Å². The summed E-state index contributed by atoms with van der Waals surface area (Å²) in [6, 6.07) is 8.57. The number of nitrogens with one attached hydrogen (secondary N) is 3. The van der Waals surface area contributed by atoms with Crippen molar-refractivity contribution in [1.82, 2.24) is 15.0 Å². The molecule has 2 aromatic heterocycles. The Morgan fingerprint density at radius 2 is 2.17 bits per heavy atom. The minimum absolute atomic E-state index is 0.140. The minimum Gasteiger partial charge on any atom is -0.461 e. The summed E-state index contributed by atoms with van der Waals surface area (Å²) in [6.07, 6.45) is 0.649. The molecule has 3 aromatic rings. The van der Waals surface area contributed by atoms with Crippen LogP contribution in [0.15, 0.2) is 41.3 Å². The first-order valence-corrected chi connectivity index (χ1v) is 9.41. The van der Waals surface area contributed by atoms with Gasteiger partial charge in [-0.3, -0.25) is 4.79 Å². The van der Waals surface area contributed by atoms with E-state index in [0.29, 0.717) is 22.0 Å². The number of hydrogen-bond donors (Lipinski definition) is 4. The first-order valence-electron chi connectivity index (χ1n) is 9.04. The van der Waals surface area contributed by atoms with E-state index >= 15 is 0 Å². The van der Waals surface area contributed by atoms with Crippen LogP contribution in [0.2, 0.25) is 5.02 Å². The van der Waals surface area contributed by atoms with Gasteiger partial charge < -0.3 is 25.1 Å². The molecule has 0 radical (unpaired) electrons. The molecule has 0 amide bonds. The van der Waals surface area contributed by atoms with Crippen LogP contribution >= 0.6 is 11.6 Å². The molecule has 9 heteroatoms. The van der Waals surface area contributed by atoms with Crippen molar-refractivity contribution in [3.63, 3.8) is 0 Å². The molecule has 0 fully saturated rings. The molecule has 0 aliphatic heterocycles. The van der Waals surface area contributed by atoms with Gasteiger partial charge in [-0.05, 0) is 37.6 Å². The highest BCUT2D eigenvalue weighted by Crippen LogP contribution is 2.24. The zero-order chi connectivity index (χ0) is 21.0. The summed E-state index contributed by atoms with van der Waals surface area (Å²) < 4.78 is 5.00. The number of aromatic amines is 2. The number of aliphatic hydroxyl groups is 1. The number of aliphatic hydroxyl groups excluding tert-OH is 1. The number of aromatic nitrogens is 3. The van der Waals surface area contributed by atoms with E-state index in [1.807, 2.05) is 0 Å². The molecule has 29 heavy (non-hydrogen) atoms. The summed E-state index contributed by atoms with van der Waals surface area (Å²) in [5.74, 6) is -0.311. The second-order valence-electron chi connectivity index (χ2n) is 6.31. The van der Waals surface area contributed by atoms with Crippen LogP contribution in [0.5, 0.6) is 0 Å². The maximum absolute atomic E-state index is 12.5. The first kappa shape index (κ1) is 20.6. The zero-order valence-corrected chi connectivity index (χ0v) is 16.7. The zero-order valence-electron chi connectivity index (χ0n) is 16.0. The van der Waals surface area contributed by atoms with Gasteiger partial charge in [-0.15, -0.1) is 0 Å². The van der Waals surface area contributed by atoms with E-state index in [-0.39, 0.29) is 30.2 Å². The quantitative estimate of drug-likeness (QED) is 0.439. The van der Waals surface area contributed by atoms with E-state index < -0.39 is 17.6 Å². The summed E-state index contributed by atoms with van der Waals surface area (Å²) in [6.45, 7) is 3.73. The van der Waals surface area contributed by atoms with Gasteiger partial charge in [0.1, 0.15) is 17.1 Å². The number of esters is 1. The number of anilines is 1. The van der Waals surface area contributed by atoms with E-state index in [4.69, 9.17) is 16.3 Å². The third kappa shape index (κ3) is 4.67. The van der Waals surface area contributed by atoms with E-state index in [9.17, 15) is 14.7 Å². The molecule has 2 heterocycles. The Morgan fingerprint density at radius 3 is 2.90 bits per heavy atom. The van der Waals surface area contributed by atoms with Gasteiger partial charge in [0.25, 0.3) is 5.56 Å². The highest BCUT2D eigenvalue weighted by atomic mass is 35.5. The Kier molecular flexibility index (Phi) is 6.36. The van der Waals surface area contributed by atoms with Crippen molar-refractivity contribution in [3.05, 3.63) is 68.9 Å².